The van der Waals surface area contributed by atoms with Crippen LogP contribution in [0.15, 0.2) is 0 Å². The van der Waals surface area contributed by atoms with Crippen LogP contribution in [0.4, 0.5) is 0 Å². The molecule has 1 atom stereocenters. The average Bonchev–Trinajstić information content (AvgIpc) is 1.89. The summed E-state index contributed by atoms with van der Waals surface area (Å²) >= 11 is 11.7. The molecule has 0 N–H and O–H groups in total. The molecule has 0 fully saturated rings. The van der Waals surface area contributed by atoms with Gasteiger partial charge in [-0.3, -0.25) is 0 Å². The SMILES string of the molecule is [S]CCCCC(Br)CBr. The molecule has 0 aromatic rings. The zero-order valence-corrected chi connectivity index (χ0v) is 9.27. The molecule has 55 valence electrons. The molecule has 0 saturated heterocycles. The Morgan fingerprint density at radius 3 is 2.44 bits per heavy atom. The minimum atomic E-state index is 0.638. The Hall–Kier alpha value is 1.31. The molecule has 0 bridgehead atoms. The van der Waals surface area contributed by atoms with E-state index in [1.54, 1.807) is 0 Å². The van der Waals surface area contributed by atoms with E-state index in [9.17, 15) is 0 Å². The Balaban J connectivity index is 2.88. The fourth-order valence-corrected chi connectivity index (χ4v) is 1.40. The Kier molecular flexibility index (Phi) is 8.50. The molecule has 9 heavy (non-hydrogen) atoms. The summed E-state index contributed by atoms with van der Waals surface area (Å²) in [7, 11) is 0. The van der Waals surface area contributed by atoms with Crippen molar-refractivity contribution in [2.75, 3.05) is 11.1 Å². The number of hydrogen-bond acceptors (Lipinski definition) is 0. The van der Waals surface area contributed by atoms with E-state index in [1.807, 2.05) is 0 Å². The van der Waals surface area contributed by atoms with E-state index < -0.39 is 0 Å². The fraction of sp³-hybridized carbons (Fsp3) is 1.00. The highest BCUT2D eigenvalue weighted by Crippen LogP contribution is 2.12. The minimum absolute atomic E-state index is 0.638. The summed E-state index contributed by atoms with van der Waals surface area (Å²) in [4.78, 5) is 0.638. The maximum absolute atomic E-state index is 4.81. The first-order valence-electron chi connectivity index (χ1n) is 3.09. The van der Waals surface area contributed by atoms with Gasteiger partial charge in [0.2, 0.25) is 0 Å². The third-order valence-corrected chi connectivity index (χ3v) is 3.80. The zero-order valence-electron chi connectivity index (χ0n) is 5.28. The van der Waals surface area contributed by atoms with Gasteiger partial charge < -0.3 is 0 Å². The van der Waals surface area contributed by atoms with Crippen molar-refractivity contribution in [3.8, 4) is 0 Å². The first-order valence-corrected chi connectivity index (χ1v) is 5.71. The van der Waals surface area contributed by atoms with Gasteiger partial charge in [0, 0.05) is 15.9 Å². The van der Waals surface area contributed by atoms with Crippen molar-refractivity contribution < 1.29 is 0 Å². The standard InChI is InChI=1S/C6H11Br2S/c7-5-6(8)3-1-2-4-9/h6H,1-5H2. The summed E-state index contributed by atoms with van der Waals surface area (Å²) in [6, 6.07) is 0. The van der Waals surface area contributed by atoms with Crippen LogP contribution in [-0.2, 0) is 0 Å². The van der Waals surface area contributed by atoms with E-state index in [-0.39, 0.29) is 0 Å². The first-order chi connectivity index (χ1) is 4.31. The van der Waals surface area contributed by atoms with Gasteiger partial charge in [-0.1, -0.05) is 50.9 Å². The summed E-state index contributed by atoms with van der Waals surface area (Å²) in [6.07, 6.45) is 3.68. The van der Waals surface area contributed by atoms with Crippen LogP contribution < -0.4 is 0 Å². The highest BCUT2D eigenvalue weighted by atomic mass is 79.9. The lowest BCUT2D eigenvalue weighted by Crippen LogP contribution is -1.97. The Labute approximate surface area is 79.5 Å². The molecule has 0 amide bonds. The molecular weight excluding hydrogens is 264 g/mol. The second-order valence-electron chi connectivity index (χ2n) is 1.95. The summed E-state index contributed by atoms with van der Waals surface area (Å²) in [6.45, 7) is 0. The molecule has 1 unspecified atom stereocenters. The van der Waals surface area contributed by atoms with Crippen LogP contribution in [-0.4, -0.2) is 15.9 Å². The molecule has 0 rings (SSSR count). The molecule has 0 aromatic carbocycles. The Morgan fingerprint density at radius 2 is 2.00 bits per heavy atom. The van der Waals surface area contributed by atoms with Gasteiger partial charge in [-0.2, -0.15) is 0 Å². The molecule has 0 spiro atoms. The molecule has 0 aromatic heterocycles. The maximum atomic E-state index is 4.81. The van der Waals surface area contributed by atoms with E-state index in [0.29, 0.717) is 4.83 Å². The summed E-state index contributed by atoms with van der Waals surface area (Å²) in [5.41, 5.74) is 0. The molecule has 0 aliphatic carbocycles. The Bertz CT molecular complexity index is 59.0. The molecular formula is C6H11Br2S. The number of alkyl halides is 2. The minimum Gasteiger partial charge on any atom is -0.0942 e. The van der Waals surface area contributed by atoms with Crippen molar-refractivity contribution in [3.63, 3.8) is 0 Å². The van der Waals surface area contributed by atoms with Crippen LogP contribution in [0.25, 0.3) is 0 Å². The van der Waals surface area contributed by atoms with Gasteiger partial charge in [-0.15, -0.1) is 0 Å². The van der Waals surface area contributed by atoms with E-state index in [2.05, 4.69) is 31.9 Å². The lowest BCUT2D eigenvalue weighted by molar-refractivity contribution is 0.731. The van der Waals surface area contributed by atoms with E-state index >= 15 is 0 Å². The monoisotopic (exact) mass is 273 g/mol. The normalized spacial score (nSPS) is 13.7. The summed E-state index contributed by atoms with van der Waals surface area (Å²) < 4.78 is 0. The highest BCUT2D eigenvalue weighted by molar-refractivity contribution is 9.12. The lowest BCUT2D eigenvalue weighted by Gasteiger charge is -2.02. The van der Waals surface area contributed by atoms with Crippen LogP contribution in [0.3, 0.4) is 0 Å². The van der Waals surface area contributed by atoms with Crippen LogP contribution in [0.1, 0.15) is 19.3 Å². The second kappa shape index (κ2) is 7.42. The van der Waals surface area contributed by atoms with Gasteiger partial charge in [0.1, 0.15) is 0 Å². The summed E-state index contributed by atoms with van der Waals surface area (Å²) in [5, 5.41) is 1.05. The second-order valence-corrected chi connectivity index (χ2v) is 4.30. The predicted molar refractivity (Wildman–Crippen MR) is 52.8 cm³/mol. The van der Waals surface area contributed by atoms with Gasteiger partial charge in [0.15, 0.2) is 0 Å². The van der Waals surface area contributed by atoms with Gasteiger partial charge in [-0.05, 0) is 12.8 Å². The highest BCUT2D eigenvalue weighted by Gasteiger charge is 1.99. The molecule has 0 aliphatic rings. The van der Waals surface area contributed by atoms with Crippen LogP contribution in [0.5, 0.6) is 0 Å². The van der Waals surface area contributed by atoms with Gasteiger partial charge in [0.25, 0.3) is 0 Å². The van der Waals surface area contributed by atoms with Gasteiger partial charge >= 0.3 is 0 Å². The molecule has 0 nitrogen and oxygen atoms in total. The Morgan fingerprint density at radius 1 is 1.33 bits per heavy atom. The van der Waals surface area contributed by atoms with E-state index in [4.69, 9.17) is 12.6 Å². The molecule has 3 heteroatoms. The van der Waals surface area contributed by atoms with Crippen molar-refractivity contribution in [1.82, 2.24) is 0 Å². The van der Waals surface area contributed by atoms with Crippen LogP contribution >= 0.6 is 44.5 Å². The smallest absolute Gasteiger partial charge is 0.0242 e. The lowest BCUT2D eigenvalue weighted by atomic mass is 10.2. The topological polar surface area (TPSA) is 0 Å². The fourth-order valence-electron chi connectivity index (χ4n) is 0.545. The maximum Gasteiger partial charge on any atom is 0.0242 e. The van der Waals surface area contributed by atoms with Gasteiger partial charge in [0.05, 0.1) is 0 Å². The van der Waals surface area contributed by atoms with Crippen molar-refractivity contribution in [1.29, 1.82) is 0 Å². The van der Waals surface area contributed by atoms with E-state index in [0.717, 1.165) is 11.1 Å². The number of halogens is 2. The molecule has 1 radical (unpaired) electrons. The largest absolute Gasteiger partial charge is 0.0942 e. The third kappa shape index (κ3) is 7.20. The third-order valence-electron chi connectivity index (χ3n) is 1.08. The number of rotatable bonds is 5. The van der Waals surface area contributed by atoms with Crippen molar-refractivity contribution in [3.05, 3.63) is 0 Å². The van der Waals surface area contributed by atoms with Crippen molar-refractivity contribution in [2.45, 2.75) is 24.1 Å². The van der Waals surface area contributed by atoms with Crippen LogP contribution in [0.2, 0.25) is 0 Å². The van der Waals surface area contributed by atoms with Crippen molar-refractivity contribution in [2.24, 2.45) is 0 Å². The molecule has 0 aliphatic heterocycles. The molecule has 0 heterocycles. The van der Waals surface area contributed by atoms with Gasteiger partial charge in [-0.25, -0.2) is 0 Å². The average molecular weight is 275 g/mol. The van der Waals surface area contributed by atoms with E-state index in [1.165, 1.54) is 19.3 Å². The number of unbranched alkanes of at least 4 members (excludes halogenated alkanes) is 1. The quantitative estimate of drug-likeness (QED) is 0.532. The number of hydrogen-bond donors (Lipinski definition) is 0. The summed E-state index contributed by atoms with van der Waals surface area (Å²) in [5.74, 6) is 0.905. The van der Waals surface area contributed by atoms with Crippen molar-refractivity contribution >= 4 is 44.5 Å². The first kappa shape index (κ1) is 10.3. The molecule has 0 saturated carbocycles. The zero-order chi connectivity index (χ0) is 7.11. The van der Waals surface area contributed by atoms with Crippen LogP contribution in [0, 0.1) is 0 Å². The predicted octanol–water partition coefficient (Wildman–Crippen LogP) is 3.51.